The van der Waals surface area contributed by atoms with E-state index < -0.39 is 0 Å². The van der Waals surface area contributed by atoms with Crippen molar-refractivity contribution in [3.8, 4) is 0 Å². The highest BCUT2D eigenvalue weighted by Crippen LogP contribution is 2.14. The molecule has 0 radical (unpaired) electrons. The van der Waals surface area contributed by atoms with Gasteiger partial charge in [0.25, 0.3) is 0 Å². The zero-order valence-electron chi connectivity index (χ0n) is 10.9. The first-order valence-corrected chi connectivity index (χ1v) is 6.73. The van der Waals surface area contributed by atoms with Gasteiger partial charge in [-0.1, -0.05) is 12.8 Å². The lowest BCUT2D eigenvalue weighted by Crippen LogP contribution is -2.33. The highest BCUT2D eigenvalue weighted by Gasteiger charge is 2.15. The number of nitrogens with zero attached hydrogens (tertiary/aromatic N) is 2. The lowest BCUT2D eigenvalue weighted by atomic mass is 10.0. The molecule has 4 nitrogen and oxygen atoms in total. The molecular weight excluding hydrogens is 212 g/mol. The number of anilines is 1. The molecule has 1 aromatic heterocycles. The minimum atomic E-state index is 0.473. The summed E-state index contributed by atoms with van der Waals surface area (Å²) in [6, 6.07) is 3.17. The lowest BCUT2D eigenvalue weighted by Gasteiger charge is -2.21. The van der Waals surface area contributed by atoms with Crippen LogP contribution in [0.5, 0.6) is 0 Å². The van der Waals surface area contributed by atoms with Crippen LogP contribution in [0.1, 0.15) is 39.0 Å². The lowest BCUT2D eigenvalue weighted by molar-refractivity contribution is 0.455. The molecule has 1 aromatic rings. The molecule has 2 atom stereocenters. The standard InChI is InChI=1S/C13H24N4/c1-11(15-13-7-9-17(2)16-13)10-12-6-4-3-5-8-14-12/h7,9,11-12,14H,3-6,8,10H2,1-2H3,(H,15,16). The third-order valence-corrected chi connectivity index (χ3v) is 3.41. The smallest absolute Gasteiger partial charge is 0.148 e. The Bertz CT molecular complexity index is 326. The van der Waals surface area contributed by atoms with E-state index in [0.717, 1.165) is 5.82 Å². The van der Waals surface area contributed by atoms with Gasteiger partial charge in [0.15, 0.2) is 0 Å². The van der Waals surface area contributed by atoms with Gasteiger partial charge in [-0.2, -0.15) is 5.10 Å². The number of hydrogen-bond acceptors (Lipinski definition) is 3. The van der Waals surface area contributed by atoms with E-state index in [4.69, 9.17) is 0 Å². The second-order valence-electron chi connectivity index (χ2n) is 5.16. The fraction of sp³-hybridized carbons (Fsp3) is 0.769. The monoisotopic (exact) mass is 236 g/mol. The second kappa shape index (κ2) is 6.05. The molecule has 0 bridgehead atoms. The van der Waals surface area contributed by atoms with Gasteiger partial charge in [0.05, 0.1) is 0 Å². The molecule has 0 amide bonds. The minimum Gasteiger partial charge on any atom is -0.366 e. The average molecular weight is 236 g/mol. The number of nitrogens with one attached hydrogen (secondary N) is 2. The summed E-state index contributed by atoms with van der Waals surface area (Å²) in [5.41, 5.74) is 0. The van der Waals surface area contributed by atoms with Gasteiger partial charge in [-0.15, -0.1) is 0 Å². The van der Waals surface area contributed by atoms with Gasteiger partial charge in [-0.05, 0) is 32.7 Å². The summed E-state index contributed by atoms with van der Waals surface area (Å²) in [6.45, 7) is 3.42. The summed E-state index contributed by atoms with van der Waals surface area (Å²) < 4.78 is 1.83. The topological polar surface area (TPSA) is 41.9 Å². The molecule has 0 spiro atoms. The van der Waals surface area contributed by atoms with E-state index in [0.29, 0.717) is 12.1 Å². The summed E-state index contributed by atoms with van der Waals surface area (Å²) in [7, 11) is 1.95. The SMILES string of the molecule is CC(CC1CCCCCN1)Nc1ccn(C)n1. The minimum absolute atomic E-state index is 0.473. The summed E-state index contributed by atoms with van der Waals surface area (Å²) in [5.74, 6) is 0.980. The predicted molar refractivity (Wildman–Crippen MR) is 71.2 cm³/mol. The molecule has 1 fully saturated rings. The number of rotatable bonds is 4. The van der Waals surface area contributed by atoms with Gasteiger partial charge < -0.3 is 10.6 Å². The van der Waals surface area contributed by atoms with E-state index in [9.17, 15) is 0 Å². The Morgan fingerprint density at radius 2 is 2.41 bits per heavy atom. The molecule has 17 heavy (non-hydrogen) atoms. The van der Waals surface area contributed by atoms with Crippen LogP contribution in [-0.4, -0.2) is 28.4 Å². The highest BCUT2D eigenvalue weighted by molar-refractivity contribution is 5.33. The van der Waals surface area contributed by atoms with Crippen molar-refractivity contribution in [3.05, 3.63) is 12.3 Å². The number of hydrogen-bond donors (Lipinski definition) is 2. The molecular formula is C13H24N4. The first-order chi connectivity index (χ1) is 8.24. The van der Waals surface area contributed by atoms with E-state index >= 15 is 0 Å². The van der Waals surface area contributed by atoms with Crippen molar-refractivity contribution in [1.29, 1.82) is 0 Å². The molecule has 2 heterocycles. The van der Waals surface area contributed by atoms with E-state index in [2.05, 4.69) is 22.7 Å². The number of aryl methyl sites for hydroxylation is 1. The van der Waals surface area contributed by atoms with Gasteiger partial charge in [0.2, 0.25) is 0 Å². The van der Waals surface area contributed by atoms with E-state index in [1.54, 1.807) is 0 Å². The van der Waals surface area contributed by atoms with Gasteiger partial charge in [0, 0.05) is 31.4 Å². The maximum atomic E-state index is 4.35. The molecule has 4 heteroatoms. The quantitative estimate of drug-likeness (QED) is 0.841. The zero-order chi connectivity index (χ0) is 12.1. The second-order valence-corrected chi connectivity index (χ2v) is 5.16. The van der Waals surface area contributed by atoms with Crippen molar-refractivity contribution < 1.29 is 0 Å². The summed E-state index contributed by atoms with van der Waals surface area (Å²) >= 11 is 0. The van der Waals surface area contributed by atoms with E-state index in [1.807, 2.05) is 24.0 Å². The van der Waals surface area contributed by atoms with Crippen LogP contribution in [0.3, 0.4) is 0 Å². The Morgan fingerprint density at radius 1 is 1.53 bits per heavy atom. The third-order valence-electron chi connectivity index (χ3n) is 3.41. The molecule has 1 aliphatic rings. The summed E-state index contributed by atoms with van der Waals surface area (Å²) in [6.07, 6.45) is 8.54. The zero-order valence-corrected chi connectivity index (χ0v) is 10.9. The Hall–Kier alpha value is -1.03. The Kier molecular flexibility index (Phi) is 4.42. The van der Waals surface area contributed by atoms with Crippen LogP contribution < -0.4 is 10.6 Å². The van der Waals surface area contributed by atoms with Gasteiger partial charge in [-0.3, -0.25) is 4.68 Å². The first-order valence-electron chi connectivity index (χ1n) is 6.73. The molecule has 0 aromatic carbocycles. The first kappa shape index (κ1) is 12.4. The summed E-state index contributed by atoms with van der Waals surface area (Å²) in [5, 5.41) is 11.4. The molecule has 1 saturated heterocycles. The third kappa shape index (κ3) is 4.04. The molecule has 2 N–H and O–H groups in total. The Balaban J connectivity index is 1.77. The van der Waals surface area contributed by atoms with Crippen molar-refractivity contribution >= 4 is 5.82 Å². The summed E-state index contributed by atoms with van der Waals surface area (Å²) in [4.78, 5) is 0. The predicted octanol–water partition coefficient (Wildman–Crippen LogP) is 2.14. The van der Waals surface area contributed by atoms with Crippen molar-refractivity contribution in [2.75, 3.05) is 11.9 Å². The van der Waals surface area contributed by atoms with Gasteiger partial charge >= 0.3 is 0 Å². The maximum absolute atomic E-state index is 4.35. The van der Waals surface area contributed by atoms with Crippen LogP contribution >= 0.6 is 0 Å². The Labute approximate surface area is 104 Å². The molecule has 2 rings (SSSR count). The van der Waals surface area contributed by atoms with Crippen LogP contribution in [0.2, 0.25) is 0 Å². The molecule has 0 saturated carbocycles. The number of aromatic nitrogens is 2. The molecule has 2 unspecified atom stereocenters. The van der Waals surface area contributed by atoms with Crippen LogP contribution in [0.15, 0.2) is 12.3 Å². The van der Waals surface area contributed by atoms with Crippen LogP contribution in [0.25, 0.3) is 0 Å². The van der Waals surface area contributed by atoms with Gasteiger partial charge in [-0.25, -0.2) is 0 Å². The van der Waals surface area contributed by atoms with Crippen LogP contribution in [0, 0.1) is 0 Å². The molecule has 96 valence electrons. The van der Waals surface area contributed by atoms with Crippen LogP contribution in [-0.2, 0) is 7.05 Å². The van der Waals surface area contributed by atoms with Crippen molar-refractivity contribution in [2.45, 2.75) is 51.1 Å². The molecule has 0 aliphatic carbocycles. The van der Waals surface area contributed by atoms with Crippen molar-refractivity contribution in [1.82, 2.24) is 15.1 Å². The van der Waals surface area contributed by atoms with Crippen molar-refractivity contribution in [3.63, 3.8) is 0 Å². The fourth-order valence-electron chi connectivity index (χ4n) is 2.53. The largest absolute Gasteiger partial charge is 0.366 e. The van der Waals surface area contributed by atoms with Crippen molar-refractivity contribution in [2.24, 2.45) is 7.05 Å². The Morgan fingerprint density at radius 3 is 3.18 bits per heavy atom. The molecule has 1 aliphatic heterocycles. The maximum Gasteiger partial charge on any atom is 0.148 e. The van der Waals surface area contributed by atoms with Gasteiger partial charge in [0.1, 0.15) is 5.82 Å². The van der Waals surface area contributed by atoms with E-state index in [-0.39, 0.29) is 0 Å². The van der Waals surface area contributed by atoms with E-state index in [1.165, 1.54) is 38.6 Å². The normalized spacial score (nSPS) is 23.1. The average Bonchev–Trinajstić information content (AvgIpc) is 2.53. The fourth-order valence-corrected chi connectivity index (χ4v) is 2.53. The van der Waals surface area contributed by atoms with Crippen LogP contribution in [0.4, 0.5) is 5.82 Å². The highest BCUT2D eigenvalue weighted by atomic mass is 15.3.